The first-order chi connectivity index (χ1) is 15.6. The topological polar surface area (TPSA) is 48.6 Å². The molecule has 6 nitrogen and oxygen atoms in total. The van der Waals surface area contributed by atoms with Crippen LogP contribution in [0, 0.1) is 6.92 Å². The van der Waals surface area contributed by atoms with E-state index in [1.54, 1.807) is 0 Å². The lowest BCUT2D eigenvalue weighted by atomic mass is 9.77. The van der Waals surface area contributed by atoms with Crippen LogP contribution in [0.25, 0.3) is 5.57 Å². The fourth-order valence-corrected chi connectivity index (χ4v) is 5.38. The van der Waals surface area contributed by atoms with Gasteiger partial charge in [0.15, 0.2) is 5.82 Å². The van der Waals surface area contributed by atoms with Gasteiger partial charge in [-0.15, -0.1) is 0 Å². The summed E-state index contributed by atoms with van der Waals surface area (Å²) >= 11 is 0. The molecule has 0 radical (unpaired) electrons. The Bertz CT molecular complexity index is 960. The molecule has 0 bridgehead atoms. The van der Waals surface area contributed by atoms with E-state index in [2.05, 4.69) is 75.5 Å². The van der Waals surface area contributed by atoms with E-state index in [-0.39, 0.29) is 5.41 Å². The van der Waals surface area contributed by atoms with Crippen LogP contribution in [-0.2, 0) is 5.41 Å². The number of aromatic nitrogens is 2. The summed E-state index contributed by atoms with van der Waals surface area (Å²) in [6.07, 6.45) is 10.4. The van der Waals surface area contributed by atoms with Gasteiger partial charge >= 0.3 is 0 Å². The van der Waals surface area contributed by atoms with Crippen LogP contribution in [0.4, 0.5) is 0 Å². The zero-order chi connectivity index (χ0) is 22.0. The molecule has 0 N–H and O–H groups in total. The van der Waals surface area contributed by atoms with Crippen molar-refractivity contribution in [2.24, 2.45) is 0 Å². The van der Waals surface area contributed by atoms with Gasteiger partial charge in [0.1, 0.15) is 0 Å². The lowest BCUT2D eigenvalue weighted by Crippen LogP contribution is -2.51. The van der Waals surface area contributed by atoms with E-state index in [1.165, 1.54) is 56.7 Å². The average Bonchev–Trinajstić information content (AvgIpc) is 3.45. The van der Waals surface area contributed by atoms with Crippen molar-refractivity contribution < 1.29 is 4.52 Å². The second-order valence-electron chi connectivity index (χ2n) is 9.73. The minimum absolute atomic E-state index is 0.235. The van der Waals surface area contributed by atoms with Crippen molar-refractivity contribution in [3.8, 4) is 0 Å². The van der Waals surface area contributed by atoms with Gasteiger partial charge in [-0.05, 0) is 44.0 Å². The standard InChI is InChI=1S/C26H35N5O/c1-21-27-25(28-32-21)26(12-10-23(11-13-26)22-7-4-3-5-8-22)20-31-14-6-9-24(31)19-30-17-15-29(2)16-18-30/h3-5,7-8,10-12,24H,6,9,13-20H2,1-2H3/t24-,26?/m0/s1. The van der Waals surface area contributed by atoms with E-state index in [0.717, 1.165) is 25.3 Å². The van der Waals surface area contributed by atoms with Crippen LogP contribution in [0.15, 0.2) is 53.1 Å². The third kappa shape index (κ3) is 4.58. The van der Waals surface area contributed by atoms with Crippen LogP contribution >= 0.6 is 0 Å². The molecule has 0 saturated carbocycles. The second-order valence-corrected chi connectivity index (χ2v) is 9.73. The average molecular weight is 434 g/mol. The van der Waals surface area contributed by atoms with E-state index in [9.17, 15) is 0 Å². The number of piperazine rings is 1. The highest BCUT2D eigenvalue weighted by atomic mass is 16.5. The van der Waals surface area contributed by atoms with Crippen molar-refractivity contribution in [2.75, 3.05) is 52.9 Å². The highest BCUT2D eigenvalue weighted by Crippen LogP contribution is 2.37. The van der Waals surface area contributed by atoms with Crippen molar-refractivity contribution in [1.29, 1.82) is 0 Å². The Balaban J connectivity index is 1.34. The molecule has 3 heterocycles. The Morgan fingerprint density at radius 2 is 1.91 bits per heavy atom. The van der Waals surface area contributed by atoms with Gasteiger partial charge in [-0.3, -0.25) is 9.80 Å². The van der Waals surface area contributed by atoms with Gasteiger partial charge in [0.25, 0.3) is 0 Å². The minimum Gasteiger partial charge on any atom is -0.340 e. The summed E-state index contributed by atoms with van der Waals surface area (Å²) in [7, 11) is 2.22. The number of benzene rings is 1. The van der Waals surface area contributed by atoms with Gasteiger partial charge < -0.3 is 9.42 Å². The Morgan fingerprint density at radius 1 is 1.09 bits per heavy atom. The third-order valence-electron chi connectivity index (χ3n) is 7.40. The van der Waals surface area contributed by atoms with E-state index in [4.69, 9.17) is 9.51 Å². The van der Waals surface area contributed by atoms with Crippen molar-refractivity contribution in [2.45, 2.75) is 37.6 Å². The first kappa shape index (κ1) is 21.6. The molecule has 170 valence electrons. The Labute approximate surface area is 191 Å². The monoisotopic (exact) mass is 433 g/mol. The molecule has 2 atom stereocenters. The van der Waals surface area contributed by atoms with Crippen molar-refractivity contribution in [1.82, 2.24) is 24.8 Å². The Morgan fingerprint density at radius 3 is 2.59 bits per heavy atom. The van der Waals surface area contributed by atoms with E-state index in [1.807, 2.05) is 6.92 Å². The Kier molecular flexibility index (Phi) is 6.26. The largest absolute Gasteiger partial charge is 0.340 e. The van der Waals surface area contributed by atoms with Crippen LogP contribution in [0.1, 0.15) is 36.5 Å². The third-order valence-corrected chi connectivity index (χ3v) is 7.40. The number of likely N-dealkylation sites (tertiary alicyclic amines) is 1. The first-order valence-corrected chi connectivity index (χ1v) is 12.0. The zero-order valence-electron chi connectivity index (χ0n) is 19.4. The molecule has 1 aromatic heterocycles. The summed E-state index contributed by atoms with van der Waals surface area (Å²) < 4.78 is 5.43. The molecule has 3 aliphatic rings. The second kappa shape index (κ2) is 9.30. The van der Waals surface area contributed by atoms with Crippen LogP contribution in [0.5, 0.6) is 0 Å². The highest BCUT2D eigenvalue weighted by Gasteiger charge is 2.40. The lowest BCUT2D eigenvalue weighted by Gasteiger charge is -2.39. The number of nitrogens with zero attached hydrogens (tertiary/aromatic N) is 5. The summed E-state index contributed by atoms with van der Waals surface area (Å²) in [5, 5.41) is 4.39. The Hall–Kier alpha value is -2.28. The molecular weight excluding hydrogens is 398 g/mol. The fourth-order valence-electron chi connectivity index (χ4n) is 5.38. The number of rotatable bonds is 6. The van der Waals surface area contributed by atoms with Crippen LogP contribution < -0.4 is 0 Å². The fraction of sp³-hybridized carbons (Fsp3) is 0.538. The van der Waals surface area contributed by atoms with Gasteiger partial charge in [0, 0.05) is 52.2 Å². The molecule has 0 amide bonds. The van der Waals surface area contributed by atoms with Gasteiger partial charge in [-0.1, -0.05) is 53.7 Å². The molecule has 2 saturated heterocycles. The van der Waals surface area contributed by atoms with Crippen molar-refractivity contribution in [3.63, 3.8) is 0 Å². The molecule has 0 spiro atoms. The first-order valence-electron chi connectivity index (χ1n) is 12.0. The molecule has 2 fully saturated rings. The number of aryl methyl sites for hydroxylation is 1. The number of likely N-dealkylation sites (N-methyl/N-ethyl adjacent to an activating group) is 1. The van der Waals surface area contributed by atoms with Gasteiger partial charge in [0.2, 0.25) is 5.89 Å². The van der Waals surface area contributed by atoms with Crippen molar-refractivity contribution in [3.05, 3.63) is 65.8 Å². The number of hydrogen-bond acceptors (Lipinski definition) is 6. The SMILES string of the molecule is Cc1nc(C2(CN3CCC[C@H]3CN3CCN(C)CC3)C=CC(c3ccccc3)=CC2)no1. The molecule has 2 aromatic rings. The predicted molar refractivity (Wildman–Crippen MR) is 127 cm³/mol. The molecular formula is C26H35N5O. The maximum absolute atomic E-state index is 5.43. The number of allylic oxidation sites excluding steroid dienone is 3. The van der Waals surface area contributed by atoms with Crippen molar-refractivity contribution >= 4 is 5.57 Å². The smallest absolute Gasteiger partial charge is 0.223 e. The van der Waals surface area contributed by atoms with Crippen LogP contribution in [-0.4, -0.2) is 83.7 Å². The van der Waals surface area contributed by atoms with Crippen LogP contribution in [0.2, 0.25) is 0 Å². The molecule has 1 aromatic carbocycles. The normalized spacial score (nSPS) is 27.7. The quantitative estimate of drug-likeness (QED) is 0.696. The summed E-state index contributed by atoms with van der Waals surface area (Å²) in [6, 6.07) is 11.2. The predicted octanol–water partition coefficient (Wildman–Crippen LogP) is 3.37. The molecule has 6 heteroatoms. The van der Waals surface area contributed by atoms with E-state index < -0.39 is 0 Å². The highest BCUT2D eigenvalue weighted by molar-refractivity contribution is 5.75. The summed E-state index contributed by atoms with van der Waals surface area (Å²) in [5.74, 6) is 1.46. The summed E-state index contributed by atoms with van der Waals surface area (Å²) in [5.41, 5.74) is 2.30. The minimum atomic E-state index is -0.235. The zero-order valence-corrected chi connectivity index (χ0v) is 19.4. The van der Waals surface area contributed by atoms with Gasteiger partial charge in [-0.2, -0.15) is 4.98 Å². The number of hydrogen-bond donors (Lipinski definition) is 0. The van der Waals surface area contributed by atoms with E-state index in [0.29, 0.717) is 11.9 Å². The molecule has 1 unspecified atom stereocenters. The van der Waals surface area contributed by atoms with Crippen LogP contribution in [0.3, 0.4) is 0 Å². The van der Waals surface area contributed by atoms with E-state index >= 15 is 0 Å². The lowest BCUT2D eigenvalue weighted by molar-refractivity contribution is 0.109. The summed E-state index contributed by atoms with van der Waals surface area (Å²) in [4.78, 5) is 12.5. The molecule has 32 heavy (non-hydrogen) atoms. The van der Waals surface area contributed by atoms with Gasteiger partial charge in [-0.25, -0.2) is 0 Å². The molecule has 1 aliphatic carbocycles. The summed E-state index contributed by atoms with van der Waals surface area (Å²) in [6.45, 7) is 9.86. The maximum Gasteiger partial charge on any atom is 0.223 e. The molecule has 2 aliphatic heterocycles. The maximum atomic E-state index is 5.43. The molecule has 5 rings (SSSR count). The van der Waals surface area contributed by atoms with Gasteiger partial charge in [0.05, 0.1) is 5.41 Å².